The molecule has 0 saturated heterocycles. The van der Waals surface area contributed by atoms with E-state index in [1.807, 2.05) is 0 Å². The van der Waals surface area contributed by atoms with Gasteiger partial charge in [0.2, 0.25) is 0 Å². The lowest BCUT2D eigenvalue weighted by atomic mass is 10.0. The van der Waals surface area contributed by atoms with Crippen molar-refractivity contribution in [2.24, 2.45) is 0 Å². The zero-order valence-corrected chi connectivity index (χ0v) is 8.32. The molecule has 0 amide bonds. The molecule has 0 unspecified atom stereocenters. The van der Waals surface area contributed by atoms with Crippen LogP contribution in [0.2, 0.25) is 0 Å². The SMILES string of the molecule is C/C=C(\CCC)CCCCC. The summed E-state index contributed by atoms with van der Waals surface area (Å²) < 4.78 is 0. The monoisotopic (exact) mass is 154 g/mol. The first-order chi connectivity index (χ1) is 5.35. The fourth-order valence-corrected chi connectivity index (χ4v) is 1.34. The predicted octanol–water partition coefficient (Wildman–Crippen LogP) is 4.31. The maximum absolute atomic E-state index is 2.29. The smallest absolute Gasteiger partial charge is 0.0320 e. The number of hydrogen-bond acceptors (Lipinski definition) is 0. The molecule has 0 aliphatic carbocycles. The average molecular weight is 154 g/mol. The summed E-state index contributed by atoms with van der Waals surface area (Å²) in [5.41, 5.74) is 1.65. The topological polar surface area (TPSA) is 0 Å². The highest BCUT2D eigenvalue weighted by atomic mass is 14.0. The summed E-state index contributed by atoms with van der Waals surface area (Å²) in [6.45, 7) is 6.68. The average Bonchev–Trinajstić information content (AvgIpc) is 2.03. The molecule has 0 heterocycles. The van der Waals surface area contributed by atoms with Gasteiger partial charge in [-0.05, 0) is 26.2 Å². The summed E-state index contributed by atoms with van der Waals surface area (Å²) in [5.74, 6) is 0. The fourth-order valence-electron chi connectivity index (χ4n) is 1.34. The largest absolute Gasteiger partial charge is 0.0885 e. The van der Waals surface area contributed by atoms with E-state index in [1.54, 1.807) is 5.57 Å². The van der Waals surface area contributed by atoms with Crippen LogP contribution >= 0.6 is 0 Å². The molecule has 11 heavy (non-hydrogen) atoms. The maximum Gasteiger partial charge on any atom is -0.0320 e. The van der Waals surface area contributed by atoms with E-state index < -0.39 is 0 Å². The second-order valence-electron chi connectivity index (χ2n) is 3.15. The molecule has 0 nitrogen and oxygen atoms in total. The Labute approximate surface area is 71.7 Å². The minimum Gasteiger partial charge on any atom is -0.0885 e. The Morgan fingerprint density at radius 2 is 1.73 bits per heavy atom. The molecule has 0 aromatic rings. The molecular formula is C11H22. The van der Waals surface area contributed by atoms with Gasteiger partial charge in [-0.2, -0.15) is 0 Å². The highest BCUT2D eigenvalue weighted by Crippen LogP contribution is 2.13. The van der Waals surface area contributed by atoms with Crippen molar-refractivity contribution in [3.05, 3.63) is 11.6 Å². The second-order valence-corrected chi connectivity index (χ2v) is 3.15. The maximum atomic E-state index is 2.29. The van der Waals surface area contributed by atoms with Gasteiger partial charge in [-0.1, -0.05) is 44.8 Å². The summed E-state index contributed by atoms with van der Waals surface area (Å²) in [5, 5.41) is 0. The van der Waals surface area contributed by atoms with Gasteiger partial charge in [-0.25, -0.2) is 0 Å². The molecular weight excluding hydrogens is 132 g/mol. The molecule has 0 atom stereocenters. The van der Waals surface area contributed by atoms with Crippen molar-refractivity contribution in [2.45, 2.75) is 59.3 Å². The van der Waals surface area contributed by atoms with Crippen LogP contribution in [0.15, 0.2) is 11.6 Å². The summed E-state index contributed by atoms with van der Waals surface area (Å²) in [6.07, 6.45) is 10.3. The molecule has 0 fully saturated rings. The van der Waals surface area contributed by atoms with Crippen LogP contribution in [0.1, 0.15) is 59.3 Å². The highest BCUT2D eigenvalue weighted by Gasteiger charge is 1.93. The molecule has 0 aliphatic rings. The van der Waals surface area contributed by atoms with Crippen LogP contribution in [0.3, 0.4) is 0 Å². The van der Waals surface area contributed by atoms with Gasteiger partial charge in [-0.15, -0.1) is 0 Å². The molecule has 0 spiro atoms. The molecule has 0 radical (unpaired) electrons. The molecule has 0 heteroatoms. The normalized spacial score (nSPS) is 12.1. The van der Waals surface area contributed by atoms with Crippen molar-refractivity contribution >= 4 is 0 Å². The highest BCUT2D eigenvalue weighted by molar-refractivity contribution is 4.99. The minimum atomic E-state index is 1.30. The predicted molar refractivity (Wildman–Crippen MR) is 52.8 cm³/mol. The first kappa shape index (κ1) is 10.7. The second kappa shape index (κ2) is 7.84. The van der Waals surface area contributed by atoms with Crippen LogP contribution in [-0.4, -0.2) is 0 Å². The molecule has 0 bridgehead atoms. The number of hydrogen-bond donors (Lipinski definition) is 0. The Morgan fingerprint density at radius 3 is 2.18 bits per heavy atom. The first-order valence-corrected chi connectivity index (χ1v) is 4.99. The van der Waals surface area contributed by atoms with E-state index in [2.05, 4.69) is 26.8 Å². The van der Waals surface area contributed by atoms with E-state index in [0.29, 0.717) is 0 Å². The van der Waals surface area contributed by atoms with Crippen molar-refractivity contribution in [2.75, 3.05) is 0 Å². The number of rotatable bonds is 6. The van der Waals surface area contributed by atoms with Gasteiger partial charge in [0.05, 0.1) is 0 Å². The number of allylic oxidation sites excluding steroid dienone is 2. The molecule has 0 aromatic heterocycles. The van der Waals surface area contributed by atoms with Gasteiger partial charge in [0, 0.05) is 0 Å². The molecule has 66 valence electrons. The van der Waals surface area contributed by atoms with Gasteiger partial charge in [0.25, 0.3) is 0 Å². The van der Waals surface area contributed by atoms with E-state index in [-0.39, 0.29) is 0 Å². The molecule has 0 saturated carbocycles. The van der Waals surface area contributed by atoms with Crippen molar-refractivity contribution < 1.29 is 0 Å². The first-order valence-electron chi connectivity index (χ1n) is 4.99. The van der Waals surface area contributed by atoms with Gasteiger partial charge < -0.3 is 0 Å². The summed E-state index contributed by atoms with van der Waals surface area (Å²) >= 11 is 0. The Morgan fingerprint density at radius 1 is 1.00 bits per heavy atom. The van der Waals surface area contributed by atoms with Crippen LogP contribution in [0.25, 0.3) is 0 Å². The van der Waals surface area contributed by atoms with Crippen LogP contribution in [-0.2, 0) is 0 Å². The van der Waals surface area contributed by atoms with Gasteiger partial charge >= 0.3 is 0 Å². The lowest BCUT2D eigenvalue weighted by Crippen LogP contribution is -1.83. The van der Waals surface area contributed by atoms with Crippen LogP contribution in [0.4, 0.5) is 0 Å². The Balaban J connectivity index is 3.37. The third-order valence-corrected chi connectivity index (χ3v) is 2.08. The van der Waals surface area contributed by atoms with Crippen molar-refractivity contribution in [1.82, 2.24) is 0 Å². The molecule has 0 aliphatic heterocycles. The van der Waals surface area contributed by atoms with Gasteiger partial charge in [0.15, 0.2) is 0 Å². The third-order valence-electron chi connectivity index (χ3n) is 2.08. The van der Waals surface area contributed by atoms with E-state index >= 15 is 0 Å². The van der Waals surface area contributed by atoms with Crippen molar-refractivity contribution in [3.8, 4) is 0 Å². The number of unbranched alkanes of at least 4 members (excludes halogenated alkanes) is 2. The van der Waals surface area contributed by atoms with Gasteiger partial charge in [0.1, 0.15) is 0 Å². The zero-order chi connectivity index (χ0) is 8.53. The van der Waals surface area contributed by atoms with Gasteiger partial charge in [-0.3, -0.25) is 0 Å². The fraction of sp³-hybridized carbons (Fsp3) is 0.818. The van der Waals surface area contributed by atoms with Crippen molar-refractivity contribution in [1.29, 1.82) is 0 Å². The minimum absolute atomic E-state index is 1.30. The van der Waals surface area contributed by atoms with Crippen molar-refractivity contribution in [3.63, 3.8) is 0 Å². The Bertz CT molecular complexity index is 101. The van der Waals surface area contributed by atoms with E-state index in [1.165, 1.54) is 38.5 Å². The van der Waals surface area contributed by atoms with E-state index in [0.717, 1.165) is 0 Å². The molecule has 0 N–H and O–H groups in total. The zero-order valence-electron chi connectivity index (χ0n) is 8.32. The molecule has 0 aromatic carbocycles. The Kier molecular flexibility index (Phi) is 7.66. The Hall–Kier alpha value is -0.260. The van der Waals surface area contributed by atoms with E-state index in [4.69, 9.17) is 0 Å². The molecule has 0 rings (SSSR count). The van der Waals surface area contributed by atoms with Crippen LogP contribution in [0.5, 0.6) is 0 Å². The standard InChI is InChI=1S/C11H22/c1-4-7-8-10-11(6-3)9-5-2/h6H,4-5,7-10H2,1-3H3/b11-6+. The third kappa shape index (κ3) is 6.15. The van der Waals surface area contributed by atoms with Crippen LogP contribution < -0.4 is 0 Å². The van der Waals surface area contributed by atoms with E-state index in [9.17, 15) is 0 Å². The quantitative estimate of drug-likeness (QED) is 0.395. The summed E-state index contributed by atoms with van der Waals surface area (Å²) in [4.78, 5) is 0. The lowest BCUT2D eigenvalue weighted by Gasteiger charge is -2.03. The summed E-state index contributed by atoms with van der Waals surface area (Å²) in [6, 6.07) is 0. The summed E-state index contributed by atoms with van der Waals surface area (Å²) in [7, 11) is 0. The van der Waals surface area contributed by atoms with Crippen LogP contribution in [0, 0.1) is 0 Å². The lowest BCUT2D eigenvalue weighted by molar-refractivity contribution is 0.690.